The summed E-state index contributed by atoms with van der Waals surface area (Å²) in [5.41, 5.74) is 3.89. The molecule has 2 heterocycles. The maximum Gasteiger partial charge on any atom is 0.134 e. The monoisotopic (exact) mass is 327 g/mol. The number of hydrogen-bond acceptors (Lipinski definition) is 3. The van der Waals surface area contributed by atoms with Crippen molar-refractivity contribution in [3.8, 4) is 22.7 Å². The zero-order valence-corrected chi connectivity index (χ0v) is 12.0. The van der Waals surface area contributed by atoms with E-state index in [-0.39, 0.29) is 0 Å². The third-order valence-corrected chi connectivity index (χ3v) is 3.85. The van der Waals surface area contributed by atoms with Crippen molar-refractivity contribution in [3.63, 3.8) is 0 Å². The molecule has 0 amide bonds. The molecule has 0 atom stereocenters. The summed E-state index contributed by atoms with van der Waals surface area (Å²) >= 11 is 3.44. The molecule has 1 aromatic heterocycles. The van der Waals surface area contributed by atoms with E-state index >= 15 is 0 Å². The van der Waals surface area contributed by atoms with Crippen LogP contribution in [-0.4, -0.2) is 15.0 Å². The van der Waals surface area contributed by atoms with Gasteiger partial charge in [-0.25, -0.2) is 4.68 Å². The Hall–Kier alpha value is -2.14. The molecule has 0 bridgehead atoms. The SMILES string of the molecule is Brc1ccc(-n2nnc3c2-c2ccccc2OC3)cc1. The first kappa shape index (κ1) is 11.7. The van der Waals surface area contributed by atoms with E-state index < -0.39 is 0 Å². The number of benzene rings is 2. The largest absolute Gasteiger partial charge is 0.486 e. The summed E-state index contributed by atoms with van der Waals surface area (Å²) in [6.45, 7) is 0.461. The number of aromatic nitrogens is 3. The highest BCUT2D eigenvalue weighted by Gasteiger charge is 2.23. The number of para-hydroxylation sites is 1. The van der Waals surface area contributed by atoms with Crippen LogP contribution in [0.3, 0.4) is 0 Å². The minimum Gasteiger partial charge on any atom is -0.486 e. The lowest BCUT2D eigenvalue weighted by atomic mass is 10.1. The molecule has 0 saturated carbocycles. The molecular formula is C15H10BrN3O. The second kappa shape index (κ2) is 4.45. The highest BCUT2D eigenvalue weighted by atomic mass is 79.9. The molecule has 4 nitrogen and oxygen atoms in total. The van der Waals surface area contributed by atoms with E-state index in [9.17, 15) is 0 Å². The van der Waals surface area contributed by atoms with Gasteiger partial charge >= 0.3 is 0 Å². The summed E-state index contributed by atoms with van der Waals surface area (Å²) < 4.78 is 8.60. The summed E-state index contributed by atoms with van der Waals surface area (Å²) in [5, 5.41) is 8.50. The Morgan fingerprint density at radius 2 is 1.85 bits per heavy atom. The molecule has 0 radical (unpaired) electrons. The Bertz CT molecular complexity index is 780. The third kappa shape index (κ3) is 1.74. The minimum absolute atomic E-state index is 0.461. The molecule has 98 valence electrons. The summed E-state index contributed by atoms with van der Waals surface area (Å²) in [7, 11) is 0. The van der Waals surface area contributed by atoms with Crippen molar-refractivity contribution in [2.75, 3.05) is 0 Å². The first-order chi connectivity index (χ1) is 9.83. The van der Waals surface area contributed by atoms with E-state index in [0.717, 1.165) is 32.9 Å². The van der Waals surface area contributed by atoms with Crippen LogP contribution in [0.2, 0.25) is 0 Å². The number of hydrogen-bond donors (Lipinski definition) is 0. The Morgan fingerprint density at radius 3 is 2.70 bits per heavy atom. The second-order valence-electron chi connectivity index (χ2n) is 4.56. The molecule has 3 aromatic rings. The topological polar surface area (TPSA) is 39.9 Å². The van der Waals surface area contributed by atoms with Gasteiger partial charge in [-0.3, -0.25) is 0 Å². The first-order valence-electron chi connectivity index (χ1n) is 6.25. The molecule has 0 aliphatic carbocycles. The van der Waals surface area contributed by atoms with E-state index in [2.05, 4.69) is 26.2 Å². The molecule has 0 unspecified atom stereocenters. The quantitative estimate of drug-likeness (QED) is 0.685. The van der Waals surface area contributed by atoms with E-state index in [1.807, 2.05) is 53.2 Å². The standard InChI is InChI=1S/C15H10BrN3O/c16-10-5-7-11(8-6-10)19-15-12-3-1-2-4-14(12)20-9-13(15)17-18-19/h1-8H,9H2. The lowest BCUT2D eigenvalue weighted by molar-refractivity contribution is 0.297. The van der Waals surface area contributed by atoms with Crippen LogP contribution in [0, 0.1) is 0 Å². The number of halogens is 1. The number of rotatable bonds is 1. The highest BCUT2D eigenvalue weighted by Crippen LogP contribution is 2.37. The molecule has 1 aliphatic rings. The van der Waals surface area contributed by atoms with Gasteiger partial charge in [-0.1, -0.05) is 33.3 Å². The van der Waals surface area contributed by atoms with E-state index in [1.165, 1.54) is 0 Å². The van der Waals surface area contributed by atoms with Gasteiger partial charge in [-0.15, -0.1) is 5.10 Å². The fraction of sp³-hybridized carbons (Fsp3) is 0.0667. The van der Waals surface area contributed by atoms with Crippen LogP contribution in [0.1, 0.15) is 5.69 Å². The summed E-state index contributed by atoms with van der Waals surface area (Å²) in [5.74, 6) is 0.876. The van der Waals surface area contributed by atoms with Crippen molar-refractivity contribution in [2.24, 2.45) is 0 Å². The maximum atomic E-state index is 5.69. The van der Waals surface area contributed by atoms with Gasteiger partial charge in [-0.05, 0) is 36.4 Å². The van der Waals surface area contributed by atoms with Gasteiger partial charge in [0.25, 0.3) is 0 Å². The van der Waals surface area contributed by atoms with Crippen LogP contribution in [0.15, 0.2) is 53.0 Å². The maximum absolute atomic E-state index is 5.69. The zero-order valence-electron chi connectivity index (χ0n) is 10.5. The van der Waals surface area contributed by atoms with Crippen LogP contribution in [0.25, 0.3) is 16.9 Å². The van der Waals surface area contributed by atoms with Crippen LogP contribution < -0.4 is 4.74 Å². The van der Waals surface area contributed by atoms with Crippen molar-refractivity contribution >= 4 is 15.9 Å². The zero-order chi connectivity index (χ0) is 13.5. The molecule has 0 fully saturated rings. The van der Waals surface area contributed by atoms with Crippen LogP contribution in [0.5, 0.6) is 5.75 Å². The predicted molar refractivity (Wildman–Crippen MR) is 78.8 cm³/mol. The van der Waals surface area contributed by atoms with Crippen LogP contribution in [0.4, 0.5) is 0 Å². The van der Waals surface area contributed by atoms with Gasteiger partial charge in [0.2, 0.25) is 0 Å². The molecule has 2 aromatic carbocycles. The number of ether oxygens (including phenoxy) is 1. The summed E-state index contributed by atoms with van der Waals surface area (Å²) in [4.78, 5) is 0. The summed E-state index contributed by atoms with van der Waals surface area (Å²) in [6.07, 6.45) is 0. The molecule has 0 saturated heterocycles. The molecule has 20 heavy (non-hydrogen) atoms. The highest BCUT2D eigenvalue weighted by molar-refractivity contribution is 9.10. The molecule has 4 rings (SSSR count). The molecule has 0 N–H and O–H groups in total. The van der Waals surface area contributed by atoms with Gasteiger partial charge in [-0.2, -0.15) is 0 Å². The first-order valence-corrected chi connectivity index (χ1v) is 7.05. The minimum atomic E-state index is 0.461. The Balaban J connectivity index is 1.93. The van der Waals surface area contributed by atoms with Gasteiger partial charge in [0, 0.05) is 10.0 Å². The fourth-order valence-electron chi connectivity index (χ4n) is 2.38. The van der Waals surface area contributed by atoms with Gasteiger partial charge in [0.05, 0.1) is 5.69 Å². The summed E-state index contributed by atoms with van der Waals surface area (Å²) in [6, 6.07) is 16.0. The van der Waals surface area contributed by atoms with Gasteiger partial charge in [0.1, 0.15) is 23.7 Å². The van der Waals surface area contributed by atoms with Crippen molar-refractivity contribution in [2.45, 2.75) is 6.61 Å². The van der Waals surface area contributed by atoms with Crippen molar-refractivity contribution < 1.29 is 4.74 Å². The lowest BCUT2D eigenvalue weighted by Gasteiger charge is -2.17. The van der Waals surface area contributed by atoms with Crippen molar-refractivity contribution in [3.05, 3.63) is 58.7 Å². The van der Waals surface area contributed by atoms with Crippen LogP contribution in [-0.2, 0) is 6.61 Å². The van der Waals surface area contributed by atoms with Gasteiger partial charge in [0.15, 0.2) is 0 Å². The van der Waals surface area contributed by atoms with Crippen LogP contribution >= 0.6 is 15.9 Å². The van der Waals surface area contributed by atoms with E-state index in [0.29, 0.717) is 6.61 Å². The Morgan fingerprint density at radius 1 is 1.05 bits per heavy atom. The van der Waals surface area contributed by atoms with Crippen molar-refractivity contribution in [1.29, 1.82) is 0 Å². The third-order valence-electron chi connectivity index (χ3n) is 3.32. The number of fused-ring (bicyclic) bond motifs is 3. The predicted octanol–water partition coefficient (Wildman–Crippen LogP) is 3.59. The molecular weight excluding hydrogens is 318 g/mol. The Kier molecular flexibility index (Phi) is 2.60. The molecule has 5 heteroatoms. The average Bonchev–Trinajstić information content (AvgIpc) is 2.92. The average molecular weight is 328 g/mol. The second-order valence-corrected chi connectivity index (χ2v) is 5.47. The lowest BCUT2D eigenvalue weighted by Crippen LogP contribution is -2.07. The molecule has 1 aliphatic heterocycles. The van der Waals surface area contributed by atoms with Crippen molar-refractivity contribution in [1.82, 2.24) is 15.0 Å². The van der Waals surface area contributed by atoms with E-state index in [1.54, 1.807) is 0 Å². The normalized spacial score (nSPS) is 12.4. The Labute approximate surface area is 124 Å². The molecule has 0 spiro atoms. The van der Waals surface area contributed by atoms with Gasteiger partial charge < -0.3 is 4.74 Å². The van der Waals surface area contributed by atoms with E-state index in [4.69, 9.17) is 4.74 Å². The fourth-order valence-corrected chi connectivity index (χ4v) is 2.64. The number of nitrogens with zero attached hydrogens (tertiary/aromatic N) is 3. The smallest absolute Gasteiger partial charge is 0.134 e.